The van der Waals surface area contributed by atoms with Crippen molar-refractivity contribution in [2.24, 2.45) is 11.7 Å². The maximum atomic E-state index is 12.0. The van der Waals surface area contributed by atoms with Gasteiger partial charge in [-0.25, -0.2) is 0 Å². The lowest BCUT2D eigenvalue weighted by Gasteiger charge is -2.35. The first-order valence-electron chi connectivity index (χ1n) is 7.36. The zero-order valence-corrected chi connectivity index (χ0v) is 11.7. The van der Waals surface area contributed by atoms with Gasteiger partial charge in [-0.2, -0.15) is 0 Å². The molecule has 2 fully saturated rings. The van der Waals surface area contributed by atoms with Crippen LogP contribution in [0.25, 0.3) is 0 Å². The number of fused-ring (bicyclic) bond motifs is 1. The molecule has 2 saturated heterocycles. The lowest BCUT2D eigenvalue weighted by molar-refractivity contribution is -0.123. The van der Waals surface area contributed by atoms with Crippen LogP contribution in [-0.4, -0.2) is 42.0 Å². The summed E-state index contributed by atoms with van der Waals surface area (Å²) in [7, 11) is 0. The lowest BCUT2D eigenvalue weighted by atomic mass is 9.96. The van der Waals surface area contributed by atoms with Gasteiger partial charge >= 0.3 is 0 Å². The summed E-state index contributed by atoms with van der Waals surface area (Å²) in [5, 5.41) is 3.15. The molecule has 1 amide bonds. The van der Waals surface area contributed by atoms with Crippen molar-refractivity contribution in [3.05, 3.63) is 0 Å². The minimum atomic E-state index is -0.341. The number of carbonyl (C=O) groups excluding carboxylic acids is 1. The van der Waals surface area contributed by atoms with Crippen molar-refractivity contribution in [3.8, 4) is 0 Å². The van der Waals surface area contributed by atoms with Gasteiger partial charge in [0.25, 0.3) is 0 Å². The zero-order chi connectivity index (χ0) is 13.1. The van der Waals surface area contributed by atoms with E-state index < -0.39 is 0 Å². The highest BCUT2D eigenvalue weighted by Gasteiger charge is 2.32. The number of nitrogens with two attached hydrogens (primary N) is 1. The van der Waals surface area contributed by atoms with Crippen molar-refractivity contribution in [3.63, 3.8) is 0 Å². The Morgan fingerprint density at radius 3 is 2.89 bits per heavy atom. The molecule has 4 nitrogen and oxygen atoms in total. The molecule has 0 radical (unpaired) electrons. The summed E-state index contributed by atoms with van der Waals surface area (Å²) in [6.07, 6.45) is 5.58. The van der Waals surface area contributed by atoms with E-state index in [1.54, 1.807) is 0 Å². The van der Waals surface area contributed by atoms with E-state index in [-0.39, 0.29) is 11.9 Å². The van der Waals surface area contributed by atoms with Crippen LogP contribution in [-0.2, 0) is 4.79 Å². The van der Waals surface area contributed by atoms with Crippen molar-refractivity contribution in [2.45, 2.75) is 64.1 Å². The van der Waals surface area contributed by atoms with Crippen molar-refractivity contribution >= 4 is 5.91 Å². The Hall–Kier alpha value is -0.610. The Balaban J connectivity index is 1.77. The topological polar surface area (TPSA) is 58.4 Å². The van der Waals surface area contributed by atoms with Crippen LogP contribution in [0.4, 0.5) is 0 Å². The van der Waals surface area contributed by atoms with Crippen LogP contribution in [0.15, 0.2) is 0 Å². The third-order valence-electron chi connectivity index (χ3n) is 4.23. The van der Waals surface area contributed by atoms with Crippen molar-refractivity contribution in [1.29, 1.82) is 0 Å². The van der Waals surface area contributed by atoms with Crippen LogP contribution in [0.2, 0.25) is 0 Å². The van der Waals surface area contributed by atoms with Crippen molar-refractivity contribution < 1.29 is 4.79 Å². The Morgan fingerprint density at radius 2 is 2.17 bits per heavy atom. The normalized spacial score (nSPS) is 30.2. The fraction of sp³-hybridized carbons (Fsp3) is 0.929. The van der Waals surface area contributed by atoms with E-state index in [1.165, 1.54) is 19.4 Å². The monoisotopic (exact) mass is 253 g/mol. The van der Waals surface area contributed by atoms with Crippen molar-refractivity contribution in [1.82, 2.24) is 10.2 Å². The molecule has 3 N–H and O–H groups in total. The average molecular weight is 253 g/mol. The summed E-state index contributed by atoms with van der Waals surface area (Å²) < 4.78 is 0. The largest absolute Gasteiger partial charge is 0.352 e. The maximum Gasteiger partial charge on any atom is 0.237 e. The van der Waals surface area contributed by atoms with Gasteiger partial charge in [-0.1, -0.05) is 13.8 Å². The van der Waals surface area contributed by atoms with Gasteiger partial charge < -0.3 is 16.0 Å². The van der Waals surface area contributed by atoms with E-state index in [4.69, 9.17) is 5.73 Å². The number of nitrogens with one attached hydrogen (secondary N) is 1. The van der Waals surface area contributed by atoms with Gasteiger partial charge in [0.05, 0.1) is 6.04 Å². The standard InChI is InChI=1S/C14H27N3O/c1-10(2)8-13(15)14(18)16-11-5-7-17-6-3-4-12(17)9-11/h10-13H,3-9,15H2,1-2H3,(H,16,18)/t11?,12?,13-/m1/s1. The minimum Gasteiger partial charge on any atom is -0.352 e. The summed E-state index contributed by atoms with van der Waals surface area (Å²) in [6.45, 7) is 6.58. The molecule has 0 bridgehead atoms. The predicted octanol–water partition coefficient (Wildman–Crippen LogP) is 1.10. The Kier molecular flexibility index (Phi) is 4.62. The molecule has 0 spiro atoms. The van der Waals surface area contributed by atoms with E-state index >= 15 is 0 Å². The van der Waals surface area contributed by atoms with Crippen LogP contribution < -0.4 is 11.1 Å². The molecule has 2 heterocycles. The molecule has 0 aliphatic carbocycles. The molecule has 2 aliphatic heterocycles. The van der Waals surface area contributed by atoms with E-state index in [9.17, 15) is 4.79 Å². The molecule has 0 saturated carbocycles. The fourth-order valence-corrected chi connectivity index (χ4v) is 3.28. The second-order valence-corrected chi connectivity index (χ2v) is 6.30. The molecule has 0 aromatic heterocycles. The number of rotatable bonds is 4. The Morgan fingerprint density at radius 1 is 1.39 bits per heavy atom. The highest BCUT2D eigenvalue weighted by Crippen LogP contribution is 2.26. The van der Waals surface area contributed by atoms with E-state index in [0.29, 0.717) is 18.0 Å². The number of hydrogen-bond donors (Lipinski definition) is 2. The Labute approximate surface area is 110 Å². The smallest absolute Gasteiger partial charge is 0.237 e. The molecule has 2 aliphatic rings. The molecule has 2 rings (SSSR count). The first kappa shape index (κ1) is 13.8. The molecule has 104 valence electrons. The first-order valence-corrected chi connectivity index (χ1v) is 7.36. The summed E-state index contributed by atoms with van der Waals surface area (Å²) in [5.41, 5.74) is 5.92. The molecule has 18 heavy (non-hydrogen) atoms. The summed E-state index contributed by atoms with van der Waals surface area (Å²) in [4.78, 5) is 14.6. The molecule has 0 aromatic carbocycles. The maximum absolute atomic E-state index is 12.0. The number of carbonyl (C=O) groups is 1. The second-order valence-electron chi connectivity index (χ2n) is 6.30. The summed E-state index contributed by atoms with van der Waals surface area (Å²) in [5.74, 6) is 0.516. The van der Waals surface area contributed by atoms with Gasteiger partial charge in [0, 0.05) is 18.6 Å². The predicted molar refractivity (Wildman–Crippen MR) is 73.2 cm³/mol. The minimum absolute atomic E-state index is 0.0418. The Bertz CT molecular complexity index is 293. The second kappa shape index (κ2) is 6.02. The molecule has 3 atom stereocenters. The molecular formula is C14H27N3O. The van der Waals surface area contributed by atoms with Crippen molar-refractivity contribution in [2.75, 3.05) is 13.1 Å². The zero-order valence-electron chi connectivity index (χ0n) is 11.7. The van der Waals surface area contributed by atoms with Gasteiger partial charge in [0.2, 0.25) is 5.91 Å². The van der Waals surface area contributed by atoms with Crippen LogP contribution in [0, 0.1) is 5.92 Å². The molecule has 4 heteroatoms. The van der Waals surface area contributed by atoms with Gasteiger partial charge in [0.1, 0.15) is 0 Å². The number of hydrogen-bond acceptors (Lipinski definition) is 3. The van der Waals surface area contributed by atoms with Crippen LogP contribution >= 0.6 is 0 Å². The van der Waals surface area contributed by atoms with E-state index in [2.05, 4.69) is 24.1 Å². The highest BCUT2D eigenvalue weighted by atomic mass is 16.2. The SMILES string of the molecule is CC(C)C[C@@H](N)C(=O)NC1CCN2CCCC2C1. The summed E-state index contributed by atoms with van der Waals surface area (Å²) >= 11 is 0. The third kappa shape index (κ3) is 3.45. The molecular weight excluding hydrogens is 226 g/mol. The van der Waals surface area contributed by atoms with E-state index in [1.807, 2.05) is 0 Å². The highest BCUT2D eigenvalue weighted by molar-refractivity contribution is 5.81. The van der Waals surface area contributed by atoms with Gasteiger partial charge in [-0.05, 0) is 44.6 Å². The quantitative estimate of drug-likeness (QED) is 0.789. The third-order valence-corrected chi connectivity index (χ3v) is 4.23. The summed E-state index contributed by atoms with van der Waals surface area (Å²) in [6, 6.07) is 0.701. The van der Waals surface area contributed by atoms with Crippen LogP contribution in [0.5, 0.6) is 0 Å². The van der Waals surface area contributed by atoms with Gasteiger partial charge in [-0.3, -0.25) is 4.79 Å². The fourth-order valence-electron chi connectivity index (χ4n) is 3.28. The lowest BCUT2D eigenvalue weighted by Crippen LogP contribution is -2.51. The van der Waals surface area contributed by atoms with Crippen LogP contribution in [0.1, 0.15) is 46.0 Å². The van der Waals surface area contributed by atoms with Gasteiger partial charge in [-0.15, -0.1) is 0 Å². The molecule has 0 aromatic rings. The number of piperidine rings is 1. The van der Waals surface area contributed by atoms with E-state index in [0.717, 1.165) is 25.8 Å². The number of amides is 1. The first-order chi connectivity index (χ1) is 8.56. The van der Waals surface area contributed by atoms with Crippen LogP contribution in [0.3, 0.4) is 0 Å². The molecule has 2 unspecified atom stereocenters. The number of nitrogens with zero attached hydrogens (tertiary/aromatic N) is 1. The van der Waals surface area contributed by atoms with Gasteiger partial charge in [0.15, 0.2) is 0 Å². The average Bonchev–Trinajstić information content (AvgIpc) is 2.75.